The van der Waals surface area contributed by atoms with E-state index in [9.17, 15) is 4.79 Å². The van der Waals surface area contributed by atoms with Crippen LogP contribution in [0.4, 0.5) is 5.69 Å². The Morgan fingerprint density at radius 2 is 1.74 bits per heavy atom. The Morgan fingerprint density at radius 3 is 2.43 bits per heavy atom. The van der Waals surface area contributed by atoms with Crippen molar-refractivity contribution in [1.29, 1.82) is 0 Å². The number of hydrogen-bond acceptors (Lipinski definition) is 3. The maximum Gasteiger partial charge on any atom is 0.270 e. The lowest BCUT2D eigenvalue weighted by molar-refractivity contribution is -0.113. The standard InChI is InChI=1S/C18H12BrNOS2/c19-14-11-9-13(10-12-14)5-4-8-16-17(21)20(18(22)23-16)15-6-2-1-3-7-15/h1-12H/b5-4+,16-8+. The number of carbonyl (C=O) groups is 1. The van der Waals surface area contributed by atoms with Crippen molar-refractivity contribution < 1.29 is 4.79 Å². The van der Waals surface area contributed by atoms with Crippen LogP contribution in [0.1, 0.15) is 5.56 Å². The van der Waals surface area contributed by atoms with E-state index in [0.29, 0.717) is 9.23 Å². The van der Waals surface area contributed by atoms with Gasteiger partial charge in [-0.1, -0.05) is 82.4 Å². The van der Waals surface area contributed by atoms with Crippen LogP contribution in [0.25, 0.3) is 6.08 Å². The maximum atomic E-state index is 12.5. The predicted octanol–water partition coefficient (Wildman–Crippen LogP) is 5.41. The van der Waals surface area contributed by atoms with Gasteiger partial charge in [0.2, 0.25) is 0 Å². The van der Waals surface area contributed by atoms with Crippen molar-refractivity contribution in [3.8, 4) is 0 Å². The first kappa shape index (κ1) is 16.2. The van der Waals surface area contributed by atoms with Crippen molar-refractivity contribution in [2.45, 2.75) is 0 Å². The van der Waals surface area contributed by atoms with Gasteiger partial charge in [0, 0.05) is 4.47 Å². The summed E-state index contributed by atoms with van der Waals surface area (Å²) in [5.41, 5.74) is 1.87. The third-order valence-electron chi connectivity index (χ3n) is 3.21. The summed E-state index contributed by atoms with van der Waals surface area (Å²) in [5.74, 6) is -0.0772. The SMILES string of the molecule is O=C1/C(=C\C=C\c2ccc(Br)cc2)SC(=S)N1c1ccccc1. The molecule has 3 rings (SSSR count). The molecule has 0 unspecified atom stereocenters. The lowest BCUT2D eigenvalue weighted by Gasteiger charge is -2.13. The molecule has 0 radical (unpaired) electrons. The summed E-state index contributed by atoms with van der Waals surface area (Å²) in [6.07, 6.45) is 5.65. The zero-order valence-electron chi connectivity index (χ0n) is 12.0. The number of anilines is 1. The van der Waals surface area contributed by atoms with Gasteiger partial charge in [0.05, 0.1) is 10.6 Å². The van der Waals surface area contributed by atoms with E-state index in [0.717, 1.165) is 15.7 Å². The molecule has 0 bridgehead atoms. The van der Waals surface area contributed by atoms with Gasteiger partial charge in [-0.2, -0.15) is 0 Å². The predicted molar refractivity (Wildman–Crippen MR) is 105 cm³/mol. The fourth-order valence-electron chi connectivity index (χ4n) is 2.10. The van der Waals surface area contributed by atoms with Gasteiger partial charge in [-0.25, -0.2) is 0 Å². The van der Waals surface area contributed by atoms with Crippen LogP contribution in [0.5, 0.6) is 0 Å². The van der Waals surface area contributed by atoms with Crippen LogP contribution in [0.3, 0.4) is 0 Å². The summed E-state index contributed by atoms with van der Waals surface area (Å²) >= 11 is 10.1. The van der Waals surface area contributed by atoms with E-state index in [2.05, 4.69) is 15.9 Å². The lowest BCUT2D eigenvalue weighted by atomic mass is 10.2. The number of benzene rings is 2. The van der Waals surface area contributed by atoms with Crippen molar-refractivity contribution in [2.75, 3.05) is 4.90 Å². The van der Waals surface area contributed by atoms with Crippen LogP contribution in [0.15, 0.2) is 76.1 Å². The van der Waals surface area contributed by atoms with Crippen LogP contribution in [0.2, 0.25) is 0 Å². The fourth-order valence-corrected chi connectivity index (χ4v) is 3.62. The van der Waals surface area contributed by atoms with E-state index < -0.39 is 0 Å². The molecule has 1 saturated heterocycles. The molecule has 2 nitrogen and oxygen atoms in total. The van der Waals surface area contributed by atoms with Crippen LogP contribution in [-0.4, -0.2) is 10.2 Å². The minimum Gasteiger partial charge on any atom is -0.268 e. The molecular weight excluding hydrogens is 390 g/mol. The van der Waals surface area contributed by atoms with E-state index in [1.807, 2.05) is 72.8 Å². The van der Waals surface area contributed by atoms with Crippen molar-refractivity contribution >= 4 is 61.9 Å². The van der Waals surface area contributed by atoms with E-state index in [1.165, 1.54) is 11.8 Å². The highest BCUT2D eigenvalue weighted by molar-refractivity contribution is 9.10. The smallest absolute Gasteiger partial charge is 0.268 e. The van der Waals surface area contributed by atoms with Gasteiger partial charge < -0.3 is 0 Å². The van der Waals surface area contributed by atoms with Crippen LogP contribution >= 0.6 is 39.9 Å². The molecule has 0 atom stereocenters. The number of hydrogen-bond donors (Lipinski definition) is 0. The monoisotopic (exact) mass is 401 g/mol. The fraction of sp³-hybridized carbons (Fsp3) is 0. The minimum atomic E-state index is -0.0772. The van der Waals surface area contributed by atoms with E-state index in [4.69, 9.17) is 12.2 Å². The molecule has 0 spiro atoms. The molecule has 1 fully saturated rings. The number of rotatable bonds is 3. The first-order valence-corrected chi connectivity index (χ1v) is 8.92. The zero-order chi connectivity index (χ0) is 16.2. The maximum absolute atomic E-state index is 12.5. The third-order valence-corrected chi connectivity index (χ3v) is 5.06. The number of amides is 1. The number of thioether (sulfide) groups is 1. The number of allylic oxidation sites excluding steroid dienone is 2. The molecule has 5 heteroatoms. The third kappa shape index (κ3) is 3.80. The second kappa shape index (κ2) is 7.25. The van der Waals surface area contributed by atoms with Gasteiger partial charge in [0.15, 0.2) is 4.32 Å². The quantitative estimate of drug-likeness (QED) is 0.506. The molecule has 114 valence electrons. The van der Waals surface area contributed by atoms with Crippen molar-refractivity contribution in [2.24, 2.45) is 0 Å². The van der Waals surface area contributed by atoms with Gasteiger partial charge in [0.25, 0.3) is 5.91 Å². The minimum absolute atomic E-state index is 0.0772. The summed E-state index contributed by atoms with van der Waals surface area (Å²) in [7, 11) is 0. The van der Waals surface area contributed by atoms with E-state index in [-0.39, 0.29) is 5.91 Å². The second-order valence-electron chi connectivity index (χ2n) is 4.79. The summed E-state index contributed by atoms with van der Waals surface area (Å²) in [4.78, 5) is 14.7. The average Bonchev–Trinajstić information content (AvgIpc) is 2.84. The lowest BCUT2D eigenvalue weighted by Crippen LogP contribution is -2.27. The number of para-hydroxylation sites is 1. The Labute approximate surface area is 153 Å². The molecule has 1 aliphatic heterocycles. The Bertz CT molecular complexity index is 798. The topological polar surface area (TPSA) is 20.3 Å². The first-order valence-electron chi connectivity index (χ1n) is 6.90. The Kier molecular flexibility index (Phi) is 5.10. The van der Waals surface area contributed by atoms with Crippen molar-refractivity contribution in [3.05, 3.63) is 81.7 Å². The molecule has 0 aliphatic carbocycles. The summed E-state index contributed by atoms with van der Waals surface area (Å²) < 4.78 is 1.60. The molecule has 2 aromatic rings. The van der Waals surface area contributed by atoms with Gasteiger partial charge in [-0.15, -0.1) is 0 Å². The van der Waals surface area contributed by atoms with Crippen LogP contribution in [0, 0.1) is 0 Å². The Morgan fingerprint density at radius 1 is 1.04 bits per heavy atom. The zero-order valence-corrected chi connectivity index (χ0v) is 15.2. The molecule has 1 amide bonds. The molecule has 23 heavy (non-hydrogen) atoms. The summed E-state index contributed by atoms with van der Waals surface area (Å²) in [6.45, 7) is 0. The molecule has 0 aromatic heterocycles. The number of carbonyl (C=O) groups excluding carboxylic acids is 1. The molecule has 1 aliphatic rings. The molecule has 1 heterocycles. The van der Waals surface area contributed by atoms with Gasteiger partial charge in [-0.3, -0.25) is 9.69 Å². The average molecular weight is 402 g/mol. The van der Waals surface area contributed by atoms with Crippen molar-refractivity contribution in [3.63, 3.8) is 0 Å². The number of thiocarbonyl (C=S) groups is 1. The highest BCUT2D eigenvalue weighted by atomic mass is 79.9. The van der Waals surface area contributed by atoms with Crippen molar-refractivity contribution in [1.82, 2.24) is 0 Å². The first-order chi connectivity index (χ1) is 11.1. The Balaban J connectivity index is 1.78. The highest BCUT2D eigenvalue weighted by Crippen LogP contribution is 2.34. The van der Waals surface area contributed by atoms with Crippen LogP contribution in [-0.2, 0) is 4.79 Å². The molecule has 0 N–H and O–H groups in total. The second-order valence-corrected chi connectivity index (χ2v) is 7.38. The summed E-state index contributed by atoms with van der Waals surface area (Å²) in [6, 6.07) is 17.4. The Hall–Kier alpha value is -1.69. The highest BCUT2D eigenvalue weighted by Gasteiger charge is 2.32. The number of nitrogens with zero attached hydrogens (tertiary/aromatic N) is 1. The normalized spacial score (nSPS) is 16.7. The van der Waals surface area contributed by atoms with E-state index in [1.54, 1.807) is 4.90 Å². The number of halogens is 1. The largest absolute Gasteiger partial charge is 0.270 e. The molecule has 0 saturated carbocycles. The van der Waals surface area contributed by atoms with E-state index >= 15 is 0 Å². The van der Waals surface area contributed by atoms with Gasteiger partial charge in [0.1, 0.15) is 0 Å². The van der Waals surface area contributed by atoms with Crippen LogP contribution < -0.4 is 4.90 Å². The molecular formula is C18H12BrNOS2. The van der Waals surface area contributed by atoms with Gasteiger partial charge >= 0.3 is 0 Å². The van der Waals surface area contributed by atoms with Gasteiger partial charge in [-0.05, 0) is 35.9 Å². The summed E-state index contributed by atoms with van der Waals surface area (Å²) in [5, 5.41) is 0. The molecule has 2 aromatic carbocycles.